The Morgan fingerprint density at radius 1 is 1.60 bits per heavy atom. The number of ether oxygens (including phenoxy) is 1. The van der Waals surface area contributed by atoms with Crippen LogP contribution in [0.3, 0.4) is 0 Å². The van der Waals surface area contributed by atoms with Crippen molar-refractivity contribution in [3.05, 3.63) is 11.3 Å². The highest BCUT2D eigenvalue weighted by atomic mass is 16.5. The molecule has 1 atom stereocenters. The van der Waals surface area contributed by atoms with E-state index in [2.05, 4.69) is 28.9 Å². The third-order valence-electron chi connectivity index (χ3n) is 3.34. The lowest BCUT2D eigenvalue weighted by molar-refractivity contribution is -0.0694. The molecule has 0 amide bonds. The molecule has 1 aromatic heterocycles. The van der Waals surface area contributed by atoms with E-state index in [0.717, 1.165) is 17.8 Å². The first-order chi connectivity index (χ1) is 6.98. The fourth-order valence-corrected chi connectivity index (χ4v) is 2.27. The van der Waals surface area contributed by atoms with Gasteiger partial charge in [0.05, 0.1) is 11.2 Å². The van der Waals surface area contributed by atoms with Crippen molar-refractivity contribution >= 4 is 5.82 Å². The summed E-state index contributed by atoms with van der Waals surface area (Å²) in [7, 11) is 1.72. The molecule has 84 valence electrons. The van der Waals surface area contributed by atoms with Crippen LogP contribution in [0.5, 0.6) is 0 Å². The van der Waals surface area contributed by atoms with E-state index in [-0.39, 0.29) is 11.8 Å². The molecule has 0 bridgehead atoms. The molecule has 2 rings (SSSR count). The molecule has 5 heteroatoms. The maximum absolute atomic E-state index is 5.81. The van der Waals surface area contributed by atoms with Gasteiger partial charge in [-0.1, -0.05) is 0 Å². The maximum atomic E-state index is 5.81. The number of nitrogens with one attached hydrogen (secondary N) is 1. The van der Waals surface area contributed by atoms with Crippen LogP contribution in [0.1, 0.15) is 32.0 Å². The zero-order valence-electron chi connectivity index (χ0n) is 9.66. The number of nitrogen functional groups attached to an aromatic ring is 1. The number of nitrogens with two attached hydrogens (primary N) is 1. The molecule has 0 fully saturated rings. The number of fused-ring (bicyclic) bond motifs is 1. The second-order valence-corrected chi connectivity index (χ2v) is 4.48. The van der Waals surface area contributed by atoms with Crippen molar-refractivity contribution in [2.75, 3.05) is 12.8 Å². The number of anilines is 1. The van der Waals surface area contributed by atoms with Crippen molar-refractivity contribution in [3.63, 3.8) is 0 Å². The fourth-order valence-electron chi connectivity index (χ4n) is 2.27. The van der Waals surface area contributed by atoms with Crippen LogP contribution >= 0.6 is 0 Å². The van der Waals surface area contributed by atoms with Gasteiger partial charge < -0.3 is 10.5 Å². The van der Waals surface area contributed by atoms with Gasteiger partial charge >= 0.3 is 0 Å². The lowest BCUT2D eigenvalue weighted by atomic mass is 10.0. The van der Waals surface area contributed by atoms with E-state index in [4.69, 9.17) is 10.5 Å². The van der Waals surface area contributed by atoms with Crippen LogP contribution in [0.4, 0.5) is 5.82 Å². The molecule has 0 spiro atoms. The Morgan fingerprint density at radius 3 is 2.80 bits per heavy atom. The van der Waals surface area contributed by atoms with Crippen molar-refractivity contribution in [2.45, 2.75) is 39.1 Å². The summed E-state index contributed by atoms with van der Waals surface area (Å²) in [5.74, 6) is 0.601. The monoisotopic (exact) mass is 210 g/mol. The van der Waals surface area contributed by atoms with Gasteiger partial charge in [0.1, 0.15) is 12.0 Å². The van der Waals surface area contributed by atoms with Crippen molar-refractivity contribution in [3.8, 4) is 0 Å². The van der Waals surface area contributed by atoms with Crippen LogP contribution < -0.4 is 5.73 Å². The van der Waals surface area contributed by atoms with Crippen molar-refractivity contribution in [1.29, 1.82) is 0 Å². The van der Waals surface area contributed by atoms with Crippen LogP contribution in [0.25, 0.3) is 0 Å². The Morgan fingerprint density at radius 2 is 2.27 bits per heavy atom. The standard InChI is InChI=1S/C10H18N4O/c1-6(15-4)14-5-7-8(10(14,2)3)12-13-9(7)11/h6H,5H2,1-4H3,(H3,11,12,13). The van der Waals surface area contributed by atoms with E-state index in [1.54, 1.807) is 7.11 Å². The van der Waals surface area contributed by atoms with Gasteiger partial charge in [-0.15, -0.1) is 0 Å². The molecule has 1 aliphatic heterocycles. The summed E-state index contributed by atoms with van der Waals surface area (Å²) in [6.07, 6.45) is 0.0696. The van der Waals surface area contributed by atoms with Crippen LogP contribution in [-0.4, -0.2) is 28.4 Å². The molecular formula is C10H18N4O. The highest BCUT2D eigenvalue weighted by Crippen LogP contribution is 2.40. The van der Waals surface area contributed by atoms with Gasteiger partial charge in [-0.05, 0) is 20.8 Å². The van der Waals surface area contributed by atoms with Gasteiger partial charge in [0.2, 0.25) is 0 Å². The molecule has 2 heterocycles. The summed E-state index contributed by atoms with van der Waals surface area (Å²) >= 11 is 0. The molecule has 0 saturated heterocycles. The van der Waals surface area contributed by atoms with Crippen molar-refractivity contribution in [2.24, 2.45) is 0 Å². The first kappa shape index (κ1) is 10.4. The minimum Gasteiger partial charge on any atom is -0.382 e. The molecule has 1 aromatic rings. The molecule has 3 N–H and O–H groups in total. The Bertz CT molecular complexity index is 371. The van der Waals surface area contributed by atoms with Gasteiger partial charge in [-0.2, -0.15) is 5.10 Å². The summed E-state index contributed by atoms with van der Waals surface area (Å²) in [5.41, 5.74) is 7.91. The SMILES string of the molecule is COC(C)N1Cc2c(N)n[nH]c2C1(C)C. The number of aromatic amines is 1. The van der Waals surface area contributed by atoms with Crippen LogP contribution in [-0.2, 0) is 16.8 Å². The van der Waals surface area contributed by atoms with Crippen molar-refractivity contribution in [1.82, 2.24) is 15.1 Å². The number of rotatable bonds is 2. The molecule has 5 nitrogen and oxygen atoms in total. The lowest BCUT2D eigenvalue weighted by Gasteiger charge is -2.35. The second kappa shape index (κ2) is 3.21. The quantitative estimate of drug-likeness (QED) is 0.765. The highest BCUT2D eigenvalue weighted by Gasteiger charge is 2.42. The van der Waals surface area contributed by atoms with E-state index < -0.39 is 0 Å². The molecular weight excluding hydrogens is 192 g/mol. The average Bonchev–Trinajstić information content (AvgIpc) is 2.66. The van der Waals surface area contributed by atoms with Gasteiger partial charge in [0, 0.05) is 19.2 Å². The largest absolute Gasteiger partial charge is 0.382 e. The van der Waals surface area contributed by atoms with Gasteiger partial charge in [-0.25, -0.2) is 0 Å². The van der Waals surface area contributed by atoms with Crippen LogP contribution in [0.15, 0.2) is 0 Å². The number of aromatic nitrogens is 2. The number of hydrogen-bond donors (Lipinski definition) is 2. The first-order valence-electron chi connectivity index (χ1n) is 5.11. The van der Waals surface area contributed by atoms with E-state index in [9.17, 15) is 0 Å². The number of nitrogens with zero attached hydrogens (tertiary/aromatic N) is 2. The maximum Gasteiger partial charge on any atom is 0.150 e. The first-order valence-corrected chi connectivity index (χ1v) is 5.11. The Labute approximate surface area is 89.6 Å². The average molecular weight is 210 g/mol. The Balaban J connectivity index is 2.38. The summed E-state index contributed by atoms with van der Waals surface area (Å²) in [6, 6.07) is 0. The van der Waals surface area contributed by atoms with Gasteiger partial charge in [-0.3, -0.25) is 10.00 Å². The molecule has 0 radical (unpaired) electrons. The van der Waals surface area contributed by atoms with E-state index in [1.807, 2.05) is 6.92 Å². The third kappa shape index (κ3) is 1.34. The molecule has 15 heavy (non-hydrogen) atoms. The summed E-state index contributed by atoms with van der Waals surface area (Å²) in [4.78, 5) is 2.26. The second-order valence-electron chi connectivity index (χ2n) is 4.48. The lowest BCUT2D eigenvalue weighted by Crippen LogP contribution is -2.43. The highest BCUT2D eigenvalue weighted by molar-refractivity contribution is 5.47. The predicted molar refractivity (Wildman–Crippen MR) is 58.0 cm³/mol. The Kier molecular flexibility index (Phi) is 2.24. The fraction of sp³-hybridized carbons (Fsp3) is 0.700. The number of hydrogen-bond acceptors (Lipinski definition) is 4. The third-order valence-corrected chi connectivity index (χ3v) is 3.34. The van der Waals surface area contributed by atoms with Gasteiger partial charge in [0.15, 0.2) is 0 Å². The molecule has 0 aromatic carbocycles. The molecule has 0 saturated carbocycles. The van der Waals surface area contributed by atoms with Crippen LogP contribution in [0, 0.1) is 0 Å². The zero-order valence-corrected chi connectivity index (χ0v) is 9.66. The number of methoxy groups -OCH3 is 1. The van der Waals surface area contributed by atoms with E-state index >= 15 is 0 Å². The number of H-pyrrole nitrogens is 1. The predicted octanol–water partition coefficient (Wildman–Crippen LogP) is 1.04. The van der Waals surface area contributed by atoms with Crippen LogP contribution in [0.2, 0.25) is 0 Å². The topological polar surface area (TPSA) is 67.2 Å². The smallest absolute Gasteiger partial charge is 0.150 e. The molecule has 0 aliphatic carbocycles. The minimum absolute atomic E-state index is 0.0696. The summed E-state index contributed by atoms with van der Waals surface area (Å²) < 4.78 is 5.36. The van der Waals surface area contributed by atoms with E-state index in [1.165, 1.54) is 0 Å². The minimum atomic E-state index is -0.102. The molecule has 1 aliphatic rings. The molecule has 1 unspecified atom stereocenters. The Hall–Kier alpha value is -1.07. The van der Waals surface area contributed by atoms with Gasteiger partial charge in [0.25, 0.3) is 0 Å². The summed E-state index contributed by atoms with van der Waals surface area (Å²) in [6.45, 7) is 7.12. The zero-order chi connectivity index (χ0) is 11.2. The summed E-state index contributed by atoms with van der Waals surface area (Å²) in [5, 5.41) is 7.05. The van der Waals surface area contributed by atoms with E-state index in [0.29, 0.717) is 5.82 Å². The normalized spacial score (nSPS) is 21.6. The van der Waals surface area contributed by atoms with Crippen molar-refractivity contribution < 1.29 is 4.74 Å².